The number of hydrogen-bond donors (Lipinski definition) is 1. The maximum Gasteiger partial charge on any atom is 0.206 e. The minimum Gasteiger partial charge on any atom is -0.398 e. The molecule has 20 heavy (non-hydrogen) atoms. The number of hydrogen-bond acceptors (Lipinski definition) is 4. The summed E-state index contributed by atoms with van der Waals surface area (Å²) in [6.45, 7) is 2.48. The fraction of sp³-hybridized carbons (Fsp3) is 0.467. The lowest BCUT2D eigenvalue weighted by atomic mass is 10.2. The van der Waals surface area contributed by atoms with E-state index in [0.29, 0.717) is 22.0 Å². The van der Waals surface area contributed by atoms with Gasteiger partial charge in [0.1, 0.15) is 4.90 Å². The van der Waals surface area contributed by atoms with Gasteiger partial charge in [0.2, 0.25) is 9.84 Å². The Morgan fingerprint density at radius 1 is 1.10 bits per heavy atom. The van der Waals surface area contributed by atoms with E-state index < -0.39 is 9.84 Å². The van der Waals surface area contributed by atoms with Crippen LogP contribution in [0.1, 0.15) is 31.2 Å². The number of sulfone groups is 1. The summed E-state index contributed by atoms with van der Waals surface area (Å²) in [7, 11) is -3.39. The van der Waals surface area contributed by atoms with E-state index in [1.807, 2.05) is 6.07 Å². The Morgan fingerprint density at radius 2 is 1.80 bits per heavy atom. The summed E-state index contributed by atoms with van der Waals surface area (Å²) in [6.07, 6.45) is 6.59. The summed E-state index contributed by atoms with van der Waals surface area (Å²) >= 11 is 0. The number of likely N-dealkylation sites (tertiary alicyclic amines) is 1. The molecule has 1 aromatic carbocycles. The van der Waals surface area contributed by atoms with Crippen molar-refractivity contribution in [3.05, 3.63) is 28.7 Å². The van der Waals surface area contributed by atoms with Gasteiger partial charge in [-0.05, 0) is 43.6 Å². The molecule has 1 aromatic rings. The highest BCUT2D eigenvalue weighted by molar-refractivity contribution is 7.96. The third-order valence-electron chi connectivity index (χ3n) is 4.08. The van der Waals surface area contributed by atoms with Gasteiger partial charge in [-0.1, -0.05) is 25.0 Å². The minimum atomic E-state index is -3.39. The van der Waals surface area contributed by atoms with Gasteiger partial charge in [0.25, 0.3) is 0 Å². The van der Waals surface area contributed by atoms with Crippen LogP contribution >= 0.6 is 0 Å². The molecule has 2 heterocycles. The molecule has 0 unspecified atom stereocenters. The lowest BCUT2D eigenvalue weighted by molar-refractivity contribution is 0.313. The Kier molecular flexibility index (Phi) is 3.56. The molecule has 0 amide bonds. The first-order chi connectivity index (χ1) is 9.59. The molecule has 1 saturated heterocycles. The Balaban J connectivity index is 1.87. The smallest absolute Gasteiger partial charge is 0.206 e. The summed E-state index contributed by atoms with van der Waals surface area (Å²) in [5.74, 6) is 0. The van der Waals surface area contributed by atoms with Gasteiger partial charge in [-0.15, -0.1) is 0 Å². The second-order valence-electron chi connectivity index (χ2n) is 5.57. The van der Waals surface area contributed by atoms with Gasteiger partial charge < -0.3 is 5.73 Å². The lowest BCUT2D eigenvalue weighted by Gasteiger charge is -2.20. The number of benzene rings is 1. The fourth-order valence-corrected chi connectivity index (χ4v) is 4.74. The zero-order valence-electron chi connectivity index (χ0n) is 11.5. The van der Waals surface area contributed by atoms with Gasteiger partial charge in [0, 0.05) is 6.54 Å². The van der Waals surface area contributed by atoms with Crippen molar-refractivity contribution in [1.82, 2.24) is 4.90 Å². The standard InChI is InChI=1S/C15H20N2O2S/c16-14-7-5-6-12-10-13(20(18,19)15(12)14)11-17-8-3-1-2-4-9-17/h5-7,10H,1-4,8-9,11,16H2. The fourth-order valence-electron chi connectivity index (χ4n) is 3.02. The molecular weight excluding hydrogens is 272 g/mol. The summed E-state index contributed by atoms with van der Waals surface area (Å²) < 4.78 is 25.2. The number of nitrogens with zero attached hydrogens (tertiary/aromatic N) is 1. The molecule has 0 radical (unpaired) electrons. The van der Waals surface area contributed by atoms with Gasteiger partial charge in [0.05, 0.1) is 10.6 Å². The first-order valence-corrected chi connectivity index (χ1v) is 8.64. The highest BCUT2D eigenvalue weighted by atomic mass is 32.2. The van der Waals surface area contributed by atoms with E-state index in [0.717, 1.165) is 31.5 Å². The zero-order chi connectivity index (χ0) is 14.2. The monoisotopic (exact) mass is 292 g/mol. The van der Waals surface area contributed by atoms with E-state index in [1.165, 1.54) is 12.8 Å². The van der Waals surface area contributed by atoms with E-state index in [2.05, 4.69) is 4.90 Å². The van der Waals surface area contributed by atoms with Gasteiger partial charge in [0.15, 0.2) is 0 Å². The SMILES string of the molecule is Nc1cccc2c1S(=O)(=O)C(CN1CCCCCC1)=C2. The summed E-state index contributed by atoms with van der Waals surface area (Å²) in [5.41, 5.74) is 6.92. The predicted molar refractivity (Wildman–Crippen MR) is 80.9 cm³/mol. The minimum absolute atomic E-state index is 0.296. The van der Waals surface area contributed by atoms with E-state index >= 15 is 0 Å². The Hall–Kier alpha value is -1.33. The quantitative estimate of drug-likeness (QED) is 0.849. The number of nitrogens with two attached hydrogens (primary N) is 1. The van der Waals surface area contributed by atoms with Crippen LogP contribution < -0.4 is 5.73 Å². The van der Waals surface area contributed by atoms with Crippen molar-refractivity contribution in [2.45, 2.75) is 30.6 Å². The number of fused-ring (bicyclic) bond motifs is 1. The Bertz CT molecular complexity index is 642. The van der Waals surface area contributed by atoms with Crippen molar-refractivity contribution in [3.63, 3.8) is 0 Å². The zero-order valence-corrected chi connectivity index (χ0v) is 12.3. The molecule has 0 saturated carbocycles. The molecule has 0 bridgehead atoms. The van der Waals surface area contributed by atoms with Crippen molar-refractivity contribution in [2.24, 2.45) is 0 Å². The average molecular weight is 292 g/mol. The largest absolute Gasteiger partial charge is 0.398 e. The normalized spacial score (nSPS) is 22.1. The number of nitrogen functional groups attached to an aromatic ring is 1. The van der Waals surface area contributed by atoms with Crippen LogP contribution in [-0.4, -0.2) is 33.0 Å². The molecule has 0 atom stereocenters. The molecule has 0 aliphatic carbocycles. The summed E-state index contributed by atoms with van der Waals surface area (Å²) in [4.78, 5) is 3.04. The highest BCUT2D eigenvalue weighted by Crippen LogP contribution is 2.37. The number of anilines is 1. The second kappa shape index (κ2) is 5.22. The molecule has 0 spiro atoms. The van der Waals surface area contributed by atoms with Crippen LogP contribution in [0.15, 0.2) is 28.0 Å². The lowest BCUT2D eigenvalue weighted by Crippen LogP contribution is -2.28. The van der Waals surface area contributed by atoms with Gasteiger partial charge in [-0.2, -0.15) is 0 Å². The Morgan fingerprint density at radius 3 is 2.45 bits per heavy atom. The van der Waals surface area contributed by atoms with Gasteiger partial charge >= 0.3 is 0 Å². The molecule has 2 aliphatic rings. The molecule has 0 aromatic heterocycles. The van der Waals surface area contributed by atoms with Crippen molar-refractivity contribution >= 4 is 21.6 Å². The van der Waals surface area contributed by atoms with Crippen molar-refractivity contribution in [1.29, 1.82) is 0 Å². The van der Waals surface area contributed by atoms with Crippen molar-refractivity contribution in [2.75, 3.05) is 25.4 Å². The van der Waals surface area contributed by atoms with Crippen molar-refractivity contribution < 1.29 is 8.42 Å². The van der Waals surface area contributed by atoms with Crippen LogP contribution in [0.2, 0.25) is 0 Å². The van der Waals surface area contributed by atoms with Crippen LogP contribution in [-0.2, 0) is 9.84 Å². The van der Waals surface area contributed by atoms with E-state index in [4.69, 9.17) is 5.73 Å². The molecule has 4 nitrogen and oxygen atoms in total. The molecule has 3 rings (SSSR count). The van der Waals surface area contributed by atoms with Crippen LogP contribution in [0.3, 0.4) is 0 Å². The van der Waals surface area contributed by atoms with Crippen LogP contribution in [0, 0.1) is 0 Å². The highest BCUT2D eigenvalue weighted by Gasteiger charge is 2.32. The molecule has 2 N–H and O–H groups in total. The maximum atomic E-state index is 12.6. The average Bonchev–Trinajstić information content (AvgIpc) is 2.58. The van der Waals surface area contributed by atoms with Crippen LogP contribution in [0.5, 0.6) is 0 Å². The van der Waals surface area contributed by atoms with E-state index in [1.54, 1.807) is 18.2 Å². The molecule has 108 valence electrons. The van der Waals surface area contributed by atoms with Gasteiger partial charge in [-0.25, -0.2) is 8.42 Å². The number of rotatable bonds is 2. The topological polar surface area (TPSA) is 63.4 Å². The Labute approximate surface area is 120 Å². The molecule has 5 heteroatoms. The predicted octanol–water partition coefficient (Wildman–Crippen LogP) is 2.27. The summed E-state index contributed by atoms with van der Waals surface area (Å²) in [6, 6.07) is 5.27. The molecular formula is C15H20N2O2S. The maximum absolute atomic E-state index is 12.6. The summed E-state index contributed by atoms with van der Waals surface area (Å²) in [5, 5.41) is 0. The third-order valence-corrected chi connectivity index (χ3v) is 6.03. The third kappa shape index (κ3) is 2.36. The van der Waals surface area contributed by atoms with Gasteiger partial charge in [-0.3, -0.25) is 4.90 Å². The van der Waals surface area contributed by atoms with Crippen molar-refractivity contribution in [3.8, 4) is 0 Å². The van der Waals surface area contributed by atoms with E-state index in [9.17, 15) is 8.42 Å². The molecule has 2 aliphatic heterocycles. The van der Waals surface area contributed by atoms with Crippen LogP contribution in [0.4, 0.5) is 5.69 Å². The first kappa shape index (κ1) is 13.6. The van der Waals surface area contributed by atoms with E-state index in [-0.39, 0.29) is 0 Å². The van der Waals surface area contributed by atoms with Crippen LogP contribution in [0.25, 0.3) is 6.08 Å². The molecule has 1 fully saturated rings. The second-order valence-corrected chi connectivity index (χ2v) is 7.51. The first-order valence-electron chi connectivity index (χ1n) is 7.15.